The maximum atomic E-state index is 14.3. The van der Waals surface area contributed by atoms with Gasteiger partial charge in [0.05, 0.1) is 25.8 Å². The van der Waals surface area contributed by atoms with Crippen LogP contribution < -0.4 is 10.1 Å². The van der Waals surface area contributed by atoms with Crippen LogP contribution in [0.5, 0.6) is 5.75 Å². The van der Waals surface area contributed by atoms with E-state index in [0.717, 1.165) is 34.2 Å². The monoisotopic (exact) mass is 524 g/mol. The number of benzene rings is 3. The lowest BCUT2D eigenvalue weighted by atomic mass is 9.93. The number of pyridine rings is 1. The van der Waals surface area contributed by atoms with Crippen LogP contribution >= 0.6 is 0 Å². The maximum Gasteiger partial charge on any atom is 0.225 e. The van der Waals surface area contributed by atoms with Crippen molar-refractivity contribution in [2.75, 3.05) is 7.11 Å². The van der Waals surface area contributed by atoms with Crippen LogP contribution in [0.25, 0.3) is 11.0 Å². The molecule has 0 saturated heterocycles. The largest absolute Gasteiger partial charge is 0.497 e. The summed E-state index contributed by atoms with van der Waals surface area (Å²) >= 11 is 0. The van der Waals surface area contributed by atoms with Crippen LogP contribution in [0, 0.1) is 12.7 Å². The first-order valence-electron chi connectivity index (χ1n) is 12.6. The van der Waals surface area contributed by atoms with Crippen molar-refractivity contribution in [3.8, 4) is 5.75 Å². The van der Waals surface area contributed by atoms with E-state index in [2.05, 4.69) is 10.3 Å². The first kappa shape index (κ1) is 26.1. The Labute approximate surface area is 226 Å². The van der Waals surface area contributed by atoms with Gasteiger partial charge in [-0.2, -0.15) is 0 Å². The maximum absolute atomic E-state index is 14.3. The SMILES string of the molecule is COc1ccc(C(NC(=O)Cc2ccc3oc(C(C)(O)c4ccncc4F)cc3c2)c2ccccc2)c(C)c1. The Morgan fingerprint density at radius 3 is 2.62 bits per heavy atom. The van der Waals surface area contributed by atoms with E-state index in [1.54, 1.807) is 19.2 Å². The van der Waals surface area contributed by atoms with Gasteiger partial charge in [0.1, 0.15) is 28.5 Å². The standard InChI is InChI=1S/C32H29FN2O4/c1-20-15-24(38-3)10-11-25(20)31(22-7-5-4-6-8-22)35-30(36)17-21-9-12-28-23(16-21)18-29(39-28)32(2,37)26-13-14-34-19-27(26)33/h4-16,18-19,31,37H,17H2,1-3H3,(H,35,36). The molecular formula is C32H29FN2O4. The Morgan fingerprint density at radius 1 is 1.10 bits per heavy atom. The summed E-state index contributed by atoms with van der Waals surface area (Å²) in [6.07, 6.45) is 2.62. The molecule has 2 unspecified atom stereocenters. The first-order chi connectivity index (χ1) is 18.8. The predicted octanol–water partition coefficient (Wildman–Crippen LogP) is 5.99. The van der Waals surface area contributed by atoms with Gasteiger partial charge in [0.2, 0.25) is 5.91 Å². The number of furan rings is 1. The third-order valence-electron chi connectivity index (χ3n) is 6.95. The Hall–Kier alpha value is -4.49. The van der Waals surface area contributed by atoms with Gasteiger partial charge in [-0.25, -0.2) is 4.39 Å². The lowest BCUT2D eigenvalue weighted by Gasteiger charge is -2.22. The van der Waals surface area contributed by atoms with Gasteiger partial charge in [-0.1, -0.05) is 42.5 Å². The number of carbonyl (C=O) groups is 1. The number of amides is 1. The molecule has 39 heavy (non-hydrogen) atoms. The molecule has 0 aliphatic heterocycles. The molecule has 3 aromatic carbocycles. The number of fused-ring (bicyclic) bond motifs is 1. The molecule has 0 fully saturated rings. The number of hydrogen-bond acceptors (Lipinski definition) is 5. The Morgan fingerprint density at radius 2 is 1.90 bits per heavy atom. The highest BCUT2D eigenvalue weighted by Gasteiger charge is 2.32. The van der Waals surface area contributed by atoms with Crippen LogP contribution in [0.2, 0.25) is 0 Å². The summed E-state index contributed by atoms with van der Waals surface area (Å²) in [5, 5.41) is 15.0. The van der Waals surface area contributed by atoms with Gasteiger partial charge in [0, 0.05) is 17.1 Å². The zero-order valence-corrected chi connectivity index (χ0v) is 21.9. The minimum absolute atomic E-state index is 0.0666. The molecule has 2 heterocycles. The van der Waals surface area contributed by atoms with Crippen LogP contribution in [-0.2, 0) is 16.8 Å². The number of rotatable bonds is 8. The van der Waals surface area contributed by atoms with Crippen molar-refractivity contribution in [2.24, 2.45) is 0 Å². The molecule has 5 rings (SSSR count). The molecular weight excluding hydrogens is 495 g/mol. The summed E-state index contributed by atoms with van der Waals surface area (Å²) in [5.74, 6) is 0.185. The molecule has 0 bridgehead atoms. The van der Waals surface area contributed by atoms with Gasteiger partial charge in [-0.15, -0.1) is 0 Å². The minimum Gasteiger partial charge on any atom is -0.497 e. The van der Waals surface area contributed by atoms with E-state index in [1.807, 2.05) is 67.6 Å². The van der Waals surface area contributed by atoms with E-state index >= 15 is 0 Å². The Balaban J connectivity index is 1.39. The van der Waals surface area contributed by atoms with Gasteiger partial charge in [-0.3, -0.25) is 9.78 Å². The fourth-order valence-electron chi connectivity index (χ4n) is 4.83. The third kappa shape index (κ3) is 5.40. The third-order valence-corrected chi connectivity index (χ3v) is 6.95. The molecule has 7 heteroatoms. The van der Waals surface area contributed by atoms with Gasteiger partial charge in [-0.05, 0) is 72.5 Å². The summed E-state index contributed by atoms with van der Waals surface area (Å²) in [6, 6.07) is 23.8. The second kappa shape index (κ2) is 10.7. The van der Waals surface area contributed by atoms with Crippen molar-refractivity contribution >= 4 is 16.9 Å². The smallest absolute Gasteiger partial charge is 0.225 e. The van der Waals surface area contributed by atoms with Crippen LogP contribution in [0.15, 0.2) is 95.7 Å². The normalized spacial score (nSPS) is 13.6. The highest BCUT2D eigenvalue weighted by Crippen LogP contribution is 2.35. The van der Waals surface area contributed by atoms with E-state index in [-0.39, 0.29) is 29.7 Å². The molecule has 1 amide bonds. The number of methoxy groups -OCH3 is 1. The molecule has 198 valence electrons. The zero-order valence-electron chi connectivity index (χ0n) is 21.9. The topological polar surface area (TPSA) is 84.6 Å². The summed E-state index contributed by atoms with van der Waals surface area (Å²) in [6.45, 7) is 3.47. The van der Waals surface area contributed by atoms with Gasteiger partial charge in [0.15, 0.2) is 0 Å². The fourth-order valence-corrected chi connectivity index (χ4v) is 4.83. The van der Waals surface area contributed by atoms with Crippen molar-refractivity contribution in [3.63, 3.8) is 0 Å². The molecule has 2 aromatic heterocycles. The number of aromatic nitrogens is 1. The Kier molecular flexibility index (Phi) is 7.17. The average molecular weight is 525 g/mol. The number of aliphatic hydroxyl groups is 1. The Bertz CT molecular complexity index is 1630. The van der Waals surface area contributed by atoms with Gasteiger partial charge < -0.3 is 19.6 Å². The van der Waals surface area contributed by atoms with Crippen LogP contribution in [0.3, 0.4) is 0 Å². The minimum atomic E-state index is -1.69. The highest BCUT2D eigenvalue weighted by atomic mass is 19.1. The second-order valence-electron chi connectivity index (χ2n) is 9.72. The summed E-state index contributed by atoms with van der Waals surface area (Å²) in [5.41, 5.74) is 2.64. The number of ether oxygens (including phenoxy) is 1. The van der Waals surface area contributed by atoms with E-state index in [9.17, 15) is 14.3 Å². The quantitative estimate of drug-likeness (QED) is 0.261. The second-order valence-corrected chi connectivity index (χ2v) is 9.72. The molecule has 2 N–H and O–H groups in total. The number of halogens is 1. The zero-order chi connectivity index (χ0) is 27.6. The van der Waals surface area contributed by atoms with Gasteiger partial charge in [0.25, 0.3) is 0 Å². The molecule has 0 saturated carbocycles. The predicted molar refractivity (Wildman–Crippen MR) is 147 cm³/mol. The van der Waals surface area contributed by atoms with Crippen molar-refractivity contribution in [3.05, 3.63) is 131 Å². The molecule has 0 spiro atoms. The van der Waals surface area contributed by atoms with E-state index in [1.165, 1.54) is 19.2 Å². The lowest BCUT2D eigenvalue weighted by molar-refractivity contribution is -0.120. The fraction of sp³-hybridized carbons (Fsp3) is 0.188. The van der Waals surface area contributed by atoms with Crippen molar-refractivity contribution in [1.82, 2.24) is 10.3 Å². The molecule has 5 aromatic rings. The highest BCUT2D eigenvalue weighted by molar-refractivity contribution is 5.83. The van der Waals surface area contributed by atoms with Crippen molar-refractivity contribution in [1.29, 1.82) is 0 Å². The van der Waals surface area contributed by atoms with E-state index < -0.39 is 11.4 Å². The molecule has 0 aliphatic carbocycles. The van der Waals surface area contributed by atoms with E-state index in [4.69, 9.17) is 9.15 Å². The summed E-state index contributed by atoms with van der Waals surface area (Å²) in [4.78, 5) is 17.0. The molecule has 6 nitrogen and oxygen atoms in total. The number of nitrogens with one attached hydrogen (secondary N) is 1. The number of aryl methyl sites for hydroxylation is 1. The van der Waals surface area contributed by atoms with E-state index in [0.29, 0.717) is 11.0 Å². The molecule has 2 atom stereocenters. The molecule has 0 radical (unpaired) electrons. The lowest BCUT2D eigenvalue weighted by Crippen LogP contribution is -2.31. The summed E-state index contributed by atoms with van der Waals surface area (Å²) < 4.78 is 25.6. The average Bonchev–Trinajstić information content (AvgIpc) is 3.37. The summed E-state index contributed by atoms with van der Waals surface area (Å²) in [7, 11) is 1.63. The number of carbonyl (C=O) groups excluding carboxylic acids is 1. The number of nitrogens with zero attached hydrogens (tertiary/aromatic N) is 1. The van der Waals surface area contributed by atoms with Crippen molar-refractivity contribution < 1.29 is 23.4 Å². The van der Waals surface area contributed by atoms with Crippen LogP contribution in [0.1, 0.15) is 46.5 Å². The van der Waals surface area contributed by atoms with Crippen molar-refractivity contribution in [2.45, 2.75) is 31.9 Å². The first-order valence-corrected chi connectivity index (χ1v) is 12.6. The number of hydrogen-bond donors (Lipinski definition) is 2. The molecule has 0 aliphatic rings. The van der Waals surface area contributed by atoms with Crippen LogP contribution in [-0.4, -0.2) is 23.1 Å². The van der Waals surface area contributed by atoms with Crippen LogP contribution in [0.4, 0.5) is 4.39 Å². The van der Waals surface area contributed by atoms with Gasteiger partial charge >= 0.3 is 0 Å².